The van der Waals surface area contributed by atoms with Crippen molar-refractivity contribution in [1.82, 2.24) is 15.2 Å². The second-order valence-electron chi connectivity index (χ2n) is 6.66. The minimum Gasteiger partial charge on any atom is -0.350 e. The van der Waals surface area contributed by atoms with Gasteiger partial charge in [-0.15, -0.1) is 23.1 Å². The number of hydrogen-bond acceptors (Lipinski definition) is 5. The summed E-state index contributed by atoms with van der Waals surface area (Å²) < 4.78 is 0. The maximum atomic E-state index is 12.3. The molecule has 2 aromatic rings. The number of thioether (sulfide) groups is 1. The van der Waals surface area contributed by atoms with E-state index in [-0.39, 0.29) is 5.91 Å². The van der Waals surface area contributed by atoms with Crippen LogP contribution in [-0.4, -0.2) is 42.5 Å². The summed E-state index contributed by atoms with van der Waals surface area (Å²) in [5.41, 5.74) is 1.81. The van der Waals surface area contributed by atoms with Gasteiger partial charge >= 0.3 is 0 Å². The third-order valence-electron chi connectivity index (χ3n) is 4.07. The monoisotopic (exact) mass is 377 g/mol. The summed E-state index contributed by atoms with van der Waals surface area (Å²) in [6.45, 7) is 7.02. The molecule has 1 aromatic heterocycles. The summed E-state index contributed by atoms with van der Waals surface area (Å²) in [5.74, 6) is 1.33. The Hall–Kier alpha value is -1.37. The lowest BCUT2D eigenvalue weighted by molar-refractivity contribution is 0.0934. The van der Waals surface area contributed by atoms with Crippen LogP contribution in [0.1, 0.15) is 34.9 Å². The fraction of sp³-hybridized carbons (Fsp3) is 0.474. The van der Waals surface area contributed by atoms with Crippen molar-refractivity contribution in [3.63, 3.8) is 0 Å². The van der Waals surface area contributed by atoms with Crippen LogP contribution in [0.3, 0.4) is 0 Å². The quantitative estimate of drug-likeness (QED) is 0.705. The van der Waals surface area contributed by atoms with Crippen molar-refractivity contribution in [2.45, 2.75) is 37.5 Å². The normalized spacial score (nSPS) is 12.6. The highest BCUT2D eigenvalue weighted by Gasteiger charge is 2.17. The molecule has 0 bridgehead atoms. The molecule has 0 fully saturated rings. The number of aryl methyl sites for hydroxylation is 1. The van der Waals surface area contributed by atoms with E-state index < -0.39 is 0 Å². The molecule has 4 nitrogen and oxygen atoms in total. The minimum atomic E-state index is -0.0147. The third kappa shape index (κ3) is 6.13. The van der Waals surface area contributed by atoms with Gasteiger partial charge in [0.25, 0.3) is 5.91 Å². The molecule has 1 amide bonds. The molecule has 2 rings (SSSR count). The first-order chi connectivity index (χ1) is 11.9. The van der Waals surface area contributed by atoms with Crippen LogP contribution in [0.5, 0.6) is 0 Å². The number of carbonyl (C=O) groups excluding carboxylic acids is 1. The van der Waals surface area contributed by atoms with Gasteiger partial charge in [-0.1, -0.05) is 13.8 Å². The Kier molecular flexibility index (Phi) is 7.47. The van der Waals surface area contributed by atoms with Gasteiger partial charge in [-0.2, -0.15) is 0 Å². The van der Waals surface area contributed by atoms with Gasteiger partial charge in [-0.25, -0.2) is 4.98 Å². The van der Waals surface area contributed by atoms with Gasteiger partial charge in [0.1, 0.15) is 0 Å². The van der Waals surface area contributed by atoms with Crippen LogP contribution in [-0.2, 0) is 5.75 Å². The predicted molar refractivity (Wildman–Crippen MR) is 108 cm³/mol. The van der Waals surface area contributed by atoms with Gasteiger partial charge in [0.15, 0.2) is 0 Å². The molecule has 0 radical (unpaired) electrons. The van der Waals surface area contributed by atoms with E-state index in [1.807, 2.05) is 45.3 Å². The van der Waals surface area contributed by atoms with Crippen LogP contribution in [0.25, 0.3) is 0 Å². The van der Waals surface area contributed by atoms with Gasteiger partial charge in [0.2, 0.25) is 0 Å². The summed E-state index contributed by atoms with van der Waals surface area (Å²) in [5, 5.41) is 6.24. The molecule has 1 unspecified atom stereocenters. The van der Waals surface area contributed by atoms with E-state index >= 15 is 0 Å². The molecule has 1 heterocycles. The number of rotatable bonds is 8. The maximum Gasteiger partial charge on any atom is 0.251 e. The SMILES string of the molecule is Cc1nc(CSc2ccc(C(=O)NCC(C(C)C)N(C)C)cc2)cs1. The molecular weight excluding hydrogens is 350 g/mol. The van der Waals surface area contributed by atoms with E-state index in [4.69, 9.17) is 0 Å². The molecule has 6 heteroatoms. The van der Waals surface area contributed by atoms with E-state index in [1.165, 1.54) is 0 Å². The number of amides is 1. The molecule has 0 aliphatic heterocycles. The number of nitrogens with zero attached hydrogens (tertiary/aromatic N) is 2. The molecule has 1 aromatic carbocycles. The Labute approximate surface area is 159 Å². The first kappa shape index (κ1) is 19.9. The van der Waals surface area contributed by atoms with Crippen molar-refractivity contribution < 1.29 is 4.79 Å². The predicted octanol–water partition coefficient (Wildman–Crippen LogP) is 4.06. The first-order valence-corrected chi connectivity index (χ1v) is 10.3. The van der Waals surface area contributed by atoms with Crippen LogP contribution in [0.4, 0.5) is 0 Å². The fourth-order valence-corrected chi connectivity index (χ4v) is 4.16. The molecule has 0 aliphatic carbocycles. The highest BCUT2D eigenvalue weighted by molar-refractivity contribution is 7.98. The van der Waals surface area contributed by atoms with E-state index in [9.17, 15) is 4.79 Å². The molecule has 0 saturated heterocycles. The molecule has 1 N–H and O–H groups in total. The van der Waals surface area contributed by atoms with Crippen molar-refractivity contribution in [2.24, 2.45) is 5.92 Å². The zero-order valence-corrected chi connectivity index (χ0v) is 17.2. The number of nitrogens with one attached hydrogen (secondary N) is 1. The molecule has 0 spiro atoms. The Balaban J connectivity index is 1.87. The molecule has 0 saturated carbocycles. The minimum absolute atomic E-state index is 0.0147. The van der Waals surface area contributed by atoms with Crippen LogP contribution >= 0.6 is 23.1 Å². The smallest absolute Gasteiger partial charge is 0.251 e. The largest absolute Gasteiger partial charge is 0.350 e. The van der Waals surface area contributed by atoms with Gasteiger partial charge in [0.05, 0.1) is 10.7 Å². The third-order valence-corrected chi connectivity index (χ3v) is 5.94. The van der Waals surface area contributed by atoms with Crippen LogP contribution in [0.15, 0.2) is 34.5 Å². The van der Waals surface area contributed by atoms with Crippen LogP contribution in [0, 0.1) is 12.8 Å². The van der Waals surface area contributed by atoms with E-state index in [0.29, 0.717) is 24.1 Å². The number of likely N-dealkylation sites (N-methyl/N-ethyl adjacent to an activating group) is 1. The standard InChI is InChI=1S/C19H27N3OS2/c1-13(2)18(22(4)5)10-20-19(23)15-6-8-17(9-7-15)25-12-16-11-24-14(3)21-16/h6-9,11,13,18H,10,12H2,1-5H3,(H,20,23). The lowest BCUT2D eigenvalue weighted by Crippen LogP contribution is -2.43. The number of aromatic nitrogens is 1. The van der Waals surface area contributed by atoms with Crippen LogP contribution in [0.2, 0.25) is 0 Å². The summed E-state index contributed by atoms with van der Waals surface area (Å²) in [6.07, 6.45) is 0. The number of carbonyl (C=O) groups is 1. The Bertz CT molecular complexity index is 672. The van der Waals surface area contributed by atoms with Crippen molar-refractivity contribution >= 4 is 29.0 Å². The summed E-state index contributed by atoms with van der Waals surface area (Å²) in [6, 6.07) is 8.13. The van der Waals surface area contributed by atoms with Crippen molar-refractivity contribution in [3.8, 4) is 0 Å². The second-order valence-corrected chi connectivity index (χ2v) is 8.77. The zero-order chi connectivity index (χ0) is 18.4. The maximum absolute atomic E-state index is 12.3. The summed E-state index contributed by atoms with van der Waals surface area (Å²) in [4.78, 5) is 20.1. The van der Waals surface area contributed by atoms with E-state index in [1.54, 1.807) is 23.1 Å². The van der Waals surface area contributed by atoms with Crippen LogP contribution < -0.4 is 5.32 Å². The molecule has 0 aliphatic rings. The zero-order valence-electron chi connectivity index (χ0n) is 15.6. The summed E-state index contributed by atoms with van der Waals surface area (Å²) >= 11 is 3.42. The van der Waals surface area contributed by atoms with E-state index in [0.717, 1.165) is 21.3 Å². The van der Waals surface area contributed by atoms with E-state index in [2.05, 4.69) is 34.4 Å². The number of thiazole rings is 1. The van der Waals surface area contributed by atoms with Crippen molar-refractivity contribution in [2.75, 3.05) is 20.6 Å². The Morgan fingerprint density at radius 3 is 2.48 bits per heavy atom. The fourth-order valence-electron chi connectivity index (χ4n) is 2.65. The summed E-state index contributed by atoms with van der Waals surface area (Å²) in [7, 11) is 4.10. The first-order valence-electron chi connectivity index (χ1n) is 8.45. The van der Waals surface area contributed by atoms with Crippen molar-refractivity contribution in [1.29, 1.82) is 0 Å². The molecule has 25 heavy (non-hydrogen) atoms. The van der Waals surface area contributed by atoms with Gasteiger partial charge in [-0.05, 0) is 51.2 Å². The average molecular weight is 378 g/mol. The molecule has 136 valence electrons. The Morgan fingerprint density at radius 2 is 1.96 bits per heavy atom. The highest BCUT2D eigenvalue weighted by Crippen LogP contribution is 2.23. The number of benzene rings is 1. The molecule has 1 atom stereocenters. The van der Waals surface area contributed by atoms with Gasteiger partial charge in [0, 0.05) is 34.2 Å². The Morgan fingerprint density at radius 1 is 1.28 bits per heavy atom. The topological polar surface area (TPSA) is 45.2 Å². The average Bonchev–Trinajstić information content (AvgIpc) is 2.98. The number of hydrogen-bond donors (Lipinski definition) is 1. The van der Waals surface area contributed by atoms with Crippen molar-refractivity contribution in [3.05, 3.63) is 45.9 Å². The lowest BCUT2D eigenvalue weighted by Gasteiger charge is -2.28. The lowest BCUT2D eigenvalue weighted by atomic mass is 10.0. The van der Waals surface area contributed by atoms with Gasteiger partial charge in [-0.3, -0.25) is 4.79 Å². The highest BCUT2D eigenvalue weighted by atomic mass is 32.2. The second kappa shape index (κ2) is 9.36. The van der Waals surface area contributed by atoms with Gasteiger partial charge < -0.3 is 10.2 Å². The molecular formula is C19H27N3OS2.